The number of nitrogens with zero attached hydrogens (tertiary/aromatic N) is 4. The van der Waals surface area contributed by atoms with Crippen molar-refractivity contribution in [1.29, 1.82) is 5.26 Å². The largest absolute Gasteiger partial charge is 0.497 e. The summed E-state index contributed by atoms with van der Waals surface area (Å²) >= 11 is 0. The minimum atomic E-state index is -0.374. The average molecular weight is 411 g/mol. The van der Waals surface area contributed by atoms with Crippen molar-refractivity contribution >= 4 is 22.6 Å². The first-order valence-corrected chi connectivity index (χ1v) is 9.73. The molecule has 0 fully saturated rings. The molecule has 31 heavy (non-hydrogen) atoms. The van der Waals surface area contributed by atoms with Crippen LogP contribution in [0.2, 0.25) is 0 Å². The number of anilines is 1. The van der Waals surface area contributed by atoms with Crippen molar-refractivity contribution in [3.05, 3.63) is 76.5 Å². The maximum Gasteiger partial charge on any atom is 0.256 e. The lowest BCUT2D eigenvalue weighted by Gasteiger charge is -2.13. The van der Waals surface area contributed by atoms with Crippen molar-refractivity contribution < 1.29 is 9.53 Å². The molecule has 7 heteroatoms. The lowest BCUT2D eigenvalue weighted by Crippen LogP contribution is -2.16. The minimum absolute atomic E-state index is 0.247. The second kappa shape index (κ2) is 7.92. The highest BCUT2D eigenvalue weighted by Gasteiger charge is 2.18. The SMILES string of the molecule is COc1cccc(C(=O)Nc2c(C#N)cnn2-c2cc(C)c3cc(C)cc(C)c3n2)c1. The zero-order chi connectivity index (χ0) is 22.1. The van der Waals surface area contributed by atoms with E-state index in [0.29, 0.717) is 17.1 Å². The van der Waals surface area contributed by atoms with Crippen molar-refractivity contribution in [2.75, 3.05) is 12.4 Å². The molecule has 2 heterocycles. The predicted octanol–water partition coefficient (Wildman–Crippen LogP) is 4.48. The number of nitrogens with one attached hydrogen (secondary N) is 1. The van der Waals surface area contributed by atoms with Crippen LogP contribution >= 0.6 is 0 Å². The molecular formula is C24H21N5O2. The summed E-state index contributed by atoms with van der Waals surface area (Å²) < 4.78 is 6.68. The molecule has 0 bridgehead atoms. The summed E-state index contributed by atoms with van der Waals surface area (Å²) in [6.45, 7) is 6.08. The molecule has 154 valence electrons. The molecule has 2 aromatic carbocycles. The normalized spacial score (nSPS) is 10.7. The quantitative estimate of drug-likeness (QED) is 0.534. The number of hydrogen-bond acceptors (Lipinski definition) is 5. The van der Waals surface area contributed by atoms with Crippen LogP contribution in [0.3, 0.4) is 0 Å². The number of amides is 1. The van der Waals surface area contributed by atoms with Gasteiger partial charge in [-0.1, -0.05) is 17.7 Å². The molecule has 0 aliphatic carbocycles. The Bertz CT molecular complexity index is 1360. The molecule has 0 radical (unpaired) electrons. The van der Waals surface area contributed by atoms with Crippen LogP contribution in [0.1, 0.15) is 32.6 Å². The Hall–Kier alpha value is -4.18. The van der Waals surface area contributed by atoms with E-state index in [-0.39, 0.29) is 17.3 Å². The van der Waals surface area contributed by atoms with E-state index in [2.05, 4.69) is 35.5 Å². The van der Waals surface area contributed by atoms with Crippen molar-refractivity contribution in [1.82, 2.24) is 14.8 Å². The van der Waals surface area contributed by atoms with Crippen LogP contribution in [-0.2, 0) is 0 Å². The standard InChI is InChI=1S/C24H21N5O2/c1-14-8-16(3)22-20(9-14)15(2)10-21(27-22)29-23(18(12-25)13-26-29)28-24(30)17-6-5-7-19(11-17)31-4/h5-11,13H,1-4H3,(H,28,30). The molecule has 2 aromatic heterocycles. The molecule has 0 unspecified atom stereocenters. The van der Waals surface area contributed by atoms with Gasteiger partial charge < -0.3 is 10.1 Å². The number of fused-ring (bicyclic) bond motifs is 1. The molecule has 0 saturated heterocycles. The van der Waals surface area contributed by atoms with Crippen LogP contribution in [-0.4, -0.2) is 27.8 Å². The minimum Gasteiger partial charge on any atom is -0.497 e. The molecule has 1 amide bonds. The number of hydrogen-bond donors (Lipinski definition) is 1. The number of ether oxygens (including phenoxy) is 1. The molecular weight excluding hydrogens is 390 g/mol. The first kappa shape index (κ1) is 20.1. The fourth-order valence-electron chi connectivity index (χ4n) is 3.60. The van der Waals surface area contributed by atoms with E-state index in [1.165, 1.54) is 23.6 Å². The first-order valence-electron chi connectivity index (χ1n) is 9.73. The second-order valence-corrected chi connectivity index (χ2v) is 7.39. The summed E-state index contributed by atoms with van der Waals surface area (Å²) in [7, 11) is 1.54. The van der Waals surface area contributed by atoms with Gasteiger partial charge in [0.25, 0.3) is 5.91 Å². The van der Waals surface area contributed by atoms with E-state index in [4.69, 9.17) is 9.72 Å². The van der Waals surface area contributed by atoms with Crippen LogP contribution in [0.25, 0.3) is 16.7 Å². The Morgan fingerprint density at radius 2 is 1.94 bits per heavy atom. The van der Waals surface area contributed by atoms with Gasteiger partial charge in [-0.2, -0.15) is 15.0 Å². The summed E-state index contributed by atoms with van der Waals surface area (Å²) in [6.07, 6.45) is 1.42. The number of carbonyl (C=O) groups excluding carboxylic acids is 1. The summed E-state index contributed by atoms with van der Waals surface area (Å²) in [4.78, 5) is 17.6. The smallest absolute Gasteiger partial charge is 0.256 e. The fraction of sp³-hybridized carbons (Fsp3) is 0.167. The maximum atomic E-state index is 12.9. The Balaban J connectivity index is 1.80. The van der Waals surface area contributed by atoms with Gasteiger partial charge in [0.1, 0.15) is 17.4 Å². The topological polar surface area (TPSA) is 92.8 Å². The third-order valence-electron chi connectivity index (χ3n) is 5.11. The van der Waals surface area contributed by atoms with Crippen molar-refractivity contribution in [2.24, 2.45) is 0 Å². The summed E-state index contributed by atoms with van der Waals surface area (Å²) in [6, 6.07) is 15.0. The fourth-order valence-corrected chi connectivity index (χ4v) is 3.60. The molecule has 4 aromatic rings. The maximum absolute atomic E-state index is 12.9. The van der Waals surface area contributed by atoms with Crippen LogP contribution in [0.4, 0.5) is 5.82 Å². The lowest BCUT2D eigenvalue weighted by atomic mass is 10.0. The van der Waals surface area contributed by atoms with Crippen LogP contribution in [0.15, 0.2) is 48.7 Å². The van der Waals surface area contributed by atoms with E-state index >= 15 is 0 Å². The molecule has 7 nitrogen and oxygen atoms in total. The number of carbonyl (C=O) groups is 1. The number of nitriles is 1. The first-order chi connectivity index (χ1) is 14.9. The van der Waals surface area contributed by atoms with Crippen molar-refractivity contribution in [2.45, 2.75) is 20.8 Å². The highest BCUT2D eigenvalue weighted by molar-refractivity contribution is 6.04. The zero-order valence-corrected chi connectivity index (χ0v) is 17.7. The lowest BCUT2D eigenvalue weighted by molar-refractivity contribution is 0.102. The zero-order valence-electron chi connectivity index (χ0n) is 17.7. The number of pyridine rings is 1. The van der Waals surface area contributed by atoms with Gasteiger partial charge in [0.2, 0.25) is 0 Å². The highest BCUT2D eigenvalue weighted by atomic mass is 16.5. The van der Waals surface area contributed by atoms with Gasteiger partial charge >= 0.3 is 0 Å². The van der Waals surface area contributed by atoms with Gasteiger partial charge in [-0.05, 0) is 62.2 Å². The molecule has 1 N–H and O–H groups in total. The Kier molecular flexibility index (Phi) is 5.14. The predicted molar refractivity (Wildman–Crippen MR) is 119 cm³/mol. The number of aryl methyl sites for hydroxylation is 3. The van der Waals surface area contributed by atoms with Gasteiger partial charge in [-0.15, -0.1) is 0 Å². The summed E-state index contributed by atoms with van der Waals surface area (Å²) in [5, 5.41) is 17.8. The molecule has 4 rings (SSSR count). The number of aromatic nitrogens is 3. The van der Waals surface area contributed by atoms with E-state index in [9.17, 15) is 10.1 Å². The molecule has 0 aliphatic heterocycles. The van der Waals surface area contributed by atoms with Gasteiger partial charge in [0.15, 0.2) is 11.6 Å². The van der Waals surface area contributed by atoms with Crippen LogP contribution in [0.5, 0.6) is 5.75 Å². The van der Waals surface area contributed by atoms with Crippen LogP contribution < -0.4 is 10.1 Å². The Morgan fingerprint density at radius 1 is 1.13 bits per heavy atom. The summed E-state index contributed by atoms with van der Waals surface area (Å²) in [5.41, 5.74) is 4.77. The van der Waals surface area contributed by atoms with Gasteiger partial charge in [-0.3, -0.25) is 4.79 Å². The van der Waals surface area contributed by atoms with Crippen LogP contribution in [0, 0.1) is 32.1 Å². The van der Waals surface area contributed by atoms with Gasteiger partial charge in [0.05, 0.1) is 18.8 Å². The van der Waals surface area contributed by atoms with E-state index in [0.717, 1.165) is 22.0 Å². The van der Waals surface area contributed by atoms with Crippen molar-refractivity contribution in [3.63, 3.8) is 0 Å². The van der Waals surface area contributed by atoms with E-state index in [1.807, 2.05) is 19.9 Å². The monoisotopic (exact) mass is 411 g/mol. The third-order valence-corrected chi connectivity index (χ3v) is 5.11. The Morgan fingerprint density at radius 3 is 2.68 bits per heavy atom. The highest BCUT2D eigenvalue weighted by Crippen LogP contribution is 2.27. The van der Waals surface area contributed by atoms with Gasteiger partial charge in [0, 0.05) is 10.9 Å². The number of rotatable bonds is 4. The van der Waals surface area contributed by atoms with Gasteiger partial charge in [-0.25, -0.2) is 4.98 Å². The van der Waals surface area contributed by atoms with Crippen molar-refractivity contribution in [3.8, 4) is 17.6 Å². The van der Waals surface area contributed by atoms with E-state index < -0.39 is 0 Å². The molecule has 0 aliphatic rings. The Labute approximate surface area is 179 Å². The van der Waals surface area contributed by atoms with E-state index in [1.54, 1.807) is 24.3 Å². The summed E-state index contributed by atoms with van der Waals surface area (Å²) in [5.74, 6) is 0.992. The third kappa shape index (κ3) is 3.71. The molecule has 0 spiro atoms. The number of benzene rings is 2. The second-order valence-electron chi connectivity index (χ2n) is 7.39. The molecule has 0 atom stereocenters. The average Bonchev–Trinajstić information content (AvgIpc) is 3.16. The molecule has 0 saturated carbocycles. The number of methoxy groups -OCH3 is 1.